The fraction of sp³-hybridized carbons (Fsp3) is 0.409. The lowest BCUT2D eigenvalue weighted by Crippen LogP contribution is -2.38. The summed E-state index contributed by atoms with van der Waals surface area (Å²) in [5, 5.41) is 6.63. The van der Waals surface area contributed by atoms with Crippen LogP contribution in [0.3, 0.4) is 0 Å². The van der Waals surface area contributed by atoms with Gasteiger partial charge in [0.15, 0.2) is 17.5 Å². The number of guanidine groups is 1. The third-order valence-electron chi connectivity index (χ3n) is 4.42. The van der Waals surface area contributed by atoms with E-state index in [9.17, 15) is 0 Å². The van der Waals surface area contributed by atoms with Crippen LogP contribution in [0.15, 0.2) is 41.4 Å². The van der Waals surface area contributed by atoms with Gasteiger partial charge in [-0.3, -0.25) is 0 Å². The highest BCUT2D eigenvalue weighted by atomic mass is 16.5. The number of rotatable bonds is 10. The van der Waals surface area contributed by atoms with E-state index in [0.717, 1.165) is 42.3 Å². The molecule has 0 atom stereocenters. The Morgan fingerprint density at radius 1 is 0.793 bits per heavy atom. The van der Waals surface area contributed by atoms with Crippen molar-refractivity contribution < 1.29 is 18.9 Å². The van der Waals surface area contributed by atoms with Crippen LogP contribution in [0, 0.1) is 0 Å². The van der Waals surface area contributed by atoms with Crippen LogP contribution < -0.4 is 29.6 Å². The SMILES string of the molecule is CCNC(=NCc1ccc(OC)c(OC)c1OC)NCCc1ccccc1OC. The van der Waals surface area contributed by atoms with Gasteiger partial charge in [0.2, 0.25) is 5.75 Å². The smallest absolute Gasteiger partial charge is 0.203 e. The van der Waals surface area contributed by atoms with Crippen LogP contribution in [0.2, 0.25) is 0 Å². The molecule has 0 aromatic heterocycles. The third-order valence-corrected chi connectivity index (χ3v) is 4.42. The minimum Gasteiger partial charge on any atom is -0.496 e. The Kier molecular flexibility index (Phi) is 8.95. The first-order valence-electron chi connectivity index (χ1n) is 9.60. The molecule has 0 radical (unpaired) electrons. The van der Waals surface area contributed by atoms with Gasteiger partial charge in [-0.15, -0.1) is 0 Å². The maximum absolute atomic E-state index is 5.54. The van der Waals surface area contributed by atoms with Crippen LogP contribution in [0.25, 0.3) is 0 Å². The lowest BCUT2D eigenvalue weighted by molar-refractivity contribution is 0.322. The molecule has 0 bridgehead atoms. The number of para-hydroxylation sites is 1. The van der Waals surface area contributed by atoms with Crippen molar-refractivity contribution in [3.63, 3.8) is 0 Å². The number of ether oxygens (including phenoxy) is 4. The van der Waals surface area contributed by atoms with Gasteiger partial charge in [0.1, 0.15) is 5.75 Å². The number of nitrogens with one attached hydrogen (secondary N) is 2. The fourth-order valence-electron chi connectivity index (χ4n) is 3.02. The molecule has 0 saturated carbocycles. The first kappa shape index (κ1) is 22.2. The highest BCUT2D eigenvalue weighted by Gasteiger charge is 2.15. The summed E-state index contributed by atoms with van der Waals surface area (Å²) in [6, 6.07) is 11.8. The summed E-state index contributed by atoms with van der Waals surface area (Å²) in [4.78, 5) is 4.68. The van der Waals surface area contributed by atoms with Gasteiger partial charge in [0.25, 0.3) is 0 Å². The van der Waals surface area contributed by atoms with E-state index in [0.29, 0.717) is 23.8 Å². The van der Waals surface area contributed by atoms with E-state index < -0.39 is 0 Å². The summed E-state index contributed by atoms with van der Waals surface area (Å²) in [5.74, 6) is 3.45. The molecule has 0 saturated heterocycles. The molecule has 0 unspecified atom stereocenters. The van der Waals surface area contributed by atoms with Crippen molar-refractivity contribution in [1.82, 2.24) is 10.6 Å². The average Bonchev–Trinajstić information content (AvgIpc) is 2.76. The molecule has 2 aromatic carbocycles. The lowest BCUT2D eigenvalue weighted by atomic mass is 10.1. The summed E-state index contributed by atoms with van der Waals surface area (Å²) >= 11 is 0. The van der Waals surface area contributed by atoms with Gasteiger partial charge < -0.3 is 29.6 Å². The quantitative estimate of drug-likeness (QED) is 0.471. The molecular weight excluding hydrogens is 370 g/mol. The zero-order chi connectivity index (χ0) is 21.1. The zero-order valence-electron chi connectivity index (χ0n) is 17.9. The number of benzene rings is 2. The van der Waals surface area contributed by atoms with Gasteiger partial charge in [-0.05, 0) is 37.1 Å². The average molecular weight is 402 g/mol. The van der Waals surface area contributed by atoms with Crippen LogP contribution in [-0.4, -0.2) is 47.5 Å². The maximum atomic E-state index is 5.54. The monoisotopic (exact) mass is 401 g/mol. The van der Waals surface area contributed by atoms with Gasteiger partial charge in [0, 0.05) is 18.7 Å². The van der Waals surface area contributed by atoms with Crippen molar-refractivity contribution >= 4 is 5.96 Å². The third kappa shape index (κ3) is 5.94. The van der Waals surface area contributed by atoms with E-state index in [1.807, 2.05) is 37.3 Å². The summed E-state index contributed by atoms with van der Waals surface area (Å²) in [7, 11) is 6.50. The minimum atomic E-state index is 0.438. The molecule has 2 N–H and O–H groups in total. The summed E-state index contributed by atoms with van der Waals surface area (Å²) in [6.45, 7) is 3.97. The molecule has 0 fully saturated rings. The fourth-order valence-corrected chi connectivity index (χ4v) is 3.02. The molecule has 158 valence electrons. The van der Waals surface area contributed by atoms with Gasteiger partial charge in [-0.25, -0.2) is 4.99 Å². The Balaban J connectivity index is 2.09. The van der Waals surface area contributed by atoms with Crippen molar-refractivity contribution in [2.24, 2.45) is 4.99 Å². The number of methoxy groups -OCH3 is 4. The summed E-state index contributed by atoms with van der Waals surface area (Å²) < 4.78 is 21.7. The summed E-state index contributed by atoms with van der Waals surface area (Å²) in [6.07, 6.45) is 0.827. The first-order chi connectivity index (χ1) is 14.2. The number of hydrogen-bond acceptors (Lipinski definition) is 5. The molecular formula is C22H31N3O4. The Bertz CT molecular complexity index is 809. The summed E-state index contributed by atoms with van der Waals surface area (Å²) in [5.41, 5.74) is 2.06. The van der Waals surface area contributed by atoms with Crippen LogP contribution in [0.5, 0.6) is 23.0 Å². The molecule has 0 aliphatic rings. The molecule has 0 aliphatic carbocycles. The van der Waals surface area contributed by atoms with Gasteiger partial charge in [0.05, 0.1) is 35.0 Å². The lowest BCUT2D eigenvalue weighted by Gasteiger charge is -2.16. The van der Waals surface area contributed by atoms with Crippen LogP contribution in [-0.2, 0) is 13.0 Å². The molecule has 7 nitrogen and oxygen atoms in total. The maximum Gasteiger partial charge on any atom is 0.203 e. The zero-order valence-corrected chi connectivity index (χ0v) is 17.9. The van der Waals surface area contributed by atoms with Crippen LogP contribution in [0.4, 0.5) is 0 Å². The normalized spacial score (nSPS) is 11.0. The second-order valence-corrected chi connectivity index (χ2v) is 6.18. The Hall–Kier alpha value is -3.09. The minimum absolute atomic E-state index is 0.438. The van der Waals surface area contributed by atoms with Gasteiger partial charge >= 0.3 is 0 Å². The Morgan fingerprint density at radius 2 is 1.52 bits per heavy atom. The molecule has 0 spiro atoms. The molecule has 0 aliphatic heterocycles. The standard InChI is InChI=1S/C22H31N3O4/c1-6-23-22(24-14-13-16-9-7-8-10-18(16)26-2)25-15-17-11-12-19(27-3)21(29-5)20(17)28-4/h7-12H,6,13-15H2,1-5H3,(H2,23,24,25). The highest BCUT2D eigenvalue weighted by molar-refractivity contribution is 5.79. The van der Waals surface area contributed by atoms with Crippen LogP contribution >= 0.6 is 0 Å². The molecule has 7 heteroatoms. The van der Waals surface area contributed by atoms with Crippen molar-refractivity contribution in [3.8, 4) is 23.0 Å². The number of nitrogens with zero attached hydrogens (tertiary/aromatic N) is 1. The topological polar surface area (TPSA) is 73.3 Å². The molecule has 29 heavy (non-hydrogen) atoms. The highest BCUT2D eigenvalue weighted by Crippen LogP contribution is 2.39. The molecule has 0 amide bonds. The molecule has 2 aromatic rings. The Morgan fingerprint density at radius 3 is 2.17 bits per heavy atom. The predicted octanol–water partition coefficient (Wildman–Crippen LogP) is 3.02. The first-order valence-corrected chi connectivity index (χ1v) is 9.60. The number of aliphatic imine (C=N–C) groups is 1. The van der Waals surface area contributed by atoms with E-state index in [-0.39, 0.29) is 0 Å². The van der Waals surface area contributed by atoms with E-state index in [4.69, 9.17) is 18.9 Å². The Labute approximate surface area is 173 Å². The number of hydrogen-bond donors (Lipinski definition) is 2. The molecule has 2 rings (SSSR count). The van der Waals surface area contributed by atoms with E-state index in [2.05, 4.69) is 21.7 Å². The second kappa shape index (κ2) is 11.7. The largest absolute Gasteiger partial charge is 0.496 e. The second-order valence-electron chi connectivity index (χ2n) is 6.18. The van der Waals surface area contributed by atoms with Crippen molar-refractivity contribution in [1.29, 1.82) is 0 Å². The van der Waals surface area contributed by atoms with Gasteiger partial charge in [-0.1, -0.05) is 18.2 Å². The van der Waals surface area contributed by atoms with Crippen molar-refractivity contribution in [2.45, 2.75) is 19.9 Å². The van der Waals surface area contributed by atoms with Crippen molar-refractivity contribution in [3.05, 3.63) is 47.5 Å². The van der Waals surface area contributed by atoms with E-state index in [1.165, 1.54) is 0 Å². The van der Waals surface area contributed by atoms with E-state index in [1.54, 1.807) is 28.4 Å². The van der Waals surface area contributed by atoms with Crippen molar-refractivity contribution in [2.75, 3.05) is 41.5 Å². The molecule has 0 heterocycles. The van der Waals surface area contributed by atoms with Gasteiger partial charge in [-0.2, -0.15) is 0 Å². The van der Waals surface area contributed by atoms with Crippen LogP contribution in [0.1, 0.15) is 18.1 Å². The van der Waals surface area contributed by atoms with E-state index >= 15 is 0 Å². The predicted molar refractivity (Wildman–Crippen MR) is 116 cm³/mol.